The third-order valence-electron chi connectivity index (χ3n) is 2.65. The van der Waals surface area contributed by atoms with E-state index < -0.39 is 0 Å². The molecular formula is C14H17N3. The Kier molecular flexibility index (Phi) is 3.60. The summed E-state index contributed by atoms with van der Waals surface area (Å²) in [4.78, 5) is 4.31. The summed E-state index contributed by atoms with van der Waals surface area (Å²) < 4.78 is 0. The zero-order valence-corrected chi connectivity index (χ0v) is 9.98. The van der Waals surface area contributed by atoms with Gasteiger partial charge in [-0.1, -0.05) is 30.4 Å². The lowest BCUT2D eigenvalue weighted by Crippen LogP contribution is -2.04. The van der Waals surface area contributed by atoms with Gasteiger partial charge in [-0.05, 0) is 19.4 Å². The Balaban J connectivity index is 2.28. The number of allylic oxidation sites excluding steroid dienone is 1. The summed E-state index contributed by atoms with van der Waals surface area (Å²) in [6.45, 7) is 2.90. The van der Waals surface area contributed by atoms with Gasteiger partial charge in [0.05, 0.1) is 23.1 Å². The zero-order valence-electron chi connectivity index (χ0n) is 9.98. The second kappa shape index (κ2) is 5.34. The highest BCUT2D eigenvalue weighted by Gasteiger charge is 2.04. The second-order valence-electron chi connectivity index (χ2n) is 3.89. The van der Waals surface area contributed by atoms with Crippen molar-refractivity contribution in [3.63, 3.8) is 0 Å². The fraction of sp³-hybridized carbons (Fsp3) is 0.214. The molecule has 0 unspecified atom stereocenters. The van der Waals surface area contributed by atoms with Gasteiger partial charge in [0, 0.05) is 11.9 Å². The number of hydrogen-bond donors (Lipinski definition) is 2. The van der Waals surface area contributed by atoms with Crippen LogP contribution in [0.15, 0.2) is 42.6 Å². The van der Waals surface area contributed by atoms with E-state index in [9.17, 15) is 0 Å². The van der Waals surface area contributed by atoms with E-state index in [0.717, 1.165) is 29.6 Å². The average molecular weight is 227 g/mol. The van der Waals surface area contributed by atoms with Crippen molar-refractivity contribution in [1.82, 2.24) is 4.98 Å². The van der Waals surface area contributed by atoms with Crippen molar-refractivity contribution in [3.05, 3.63) is 42.6 Å². The van der Waals surface area contributed by atoms with E-state index in [1.54, 1.807) is 6.20 Å². The zero-order chi connectivity index (χ0) is 12.1. The number of pyridine rings is 1. The number of fused-ring (bicyclic) bond motifs is 1. The van der Waals surface area contributed by atoms with Gasteiger partial charge in [0.15, 0.2) is 0 Å². The van der Waals surface area contributed by atoms with E-state index in [1.165, 1.54) is 0 Å². The number of hydrogen-bond acceptors (Lipinski definition) is 3. The molecule has 0 atom stereocenters. The predicted octanol–water partition coefficient (Wildman–Crippen LogP) is 3.20. The second-order valence-corrected chi connectivity index (χ2v) is 3.89. The van der Waals surface area contributed by atoms with Crippen LogP contribution in [0.5, 0.6) is 0 Å². The van der Waals surface area contributed by atoms with Crippen LogP contribution in [-0.4, -0.2) is 11.5 Å². The van der Waals surface area contributed by atoms with Gasteiger partial charge in [-0.2, -0.15) is 0 Å². The largest absolute Gasteiger partial charge is 0.396 e. The molecule has 1 aromatic heterocycles. The van der Waals surface area contributed by atoms with Crippen molar-refractivity contribution in [2.45, 2.75) is 13.3 Å². The van der Waals surface area contributed by atoms with Gasteiger partial charge < -0.3 is 11.1 Å². The van der Waals surface area contributed by atoms with Gasteiger partial charge in [0.2, 0.25) is 0 Å². The van der Waals surface area contributed by atoms with E-state index in [4.69, 9.17) is 5.73 Å². The number of nitrogens with one attached hydrogen (secondary N) is 1. The molecule has 0 aliphatic carbocycles. The quantitative estimate of drug-likeness (QED) is 0.623. The molecule has 2 rings (SSSR count). The molecule has 1 heterocycles. The SMILES string of the molecule is C/C=C/CCNc1c(N)cnc2ccccc12. The summed E-state index contributed by atoms with van der Waals surface area (Å²) >= 11 is 0. The van der Waals surface area contributed by atoms with E-state index >= 15 is 0 Å². The van der Waals surface area contributed by atoms with Crippen LogP contribution in [0, 0.1) is 0 Å². The van der Waals surface area contributed by atoms with Crippen molar-refractivity contribution in [3.8, 4) is 0 Å². The Morgan fingerprint density at radius 1 is 1.35 bits per heavy atom. The van der Waals surface area contributed by atoms with Crippen LogP contribution in [0.3, 0.4) is 0 Å². The highest BCUT2D eigenvalue weighted by atomic mass is 14.9. The van der Waals surface area contributed by atoms with Gasteiger partial charge in [-0.25, -0.2) is 0 Å². The first-order valence-corrected chi connectivity index (χ1v) is 5.81. The minimum Gasteiger partial charge on any atom is -0.396 e. The Labute approximate surface area is 101 Å². The number of para-hydroxylation sites is 1. The Bertz CT molecular complexity index is 532. The molecule has 0 aliphatic heterocycles. The van der Waals surface area contributed by atoms with Crippen LogP contribution >= 0.6 is 0 Å². The summed E-state index contributed by atoms with van der Waals surface area (Å²) in [5, 5.41) is 4.45. The molecule has 1 aromatic carbocycles. The van der Waals surface area contributed by atoms with Crippen molar-refractivity contribution in [2.75, 3.05) is 17.6 Å². The normalized spacial score (nSPS) is 11.1. The Morgan fingerprint density at radius 2 is 2.18 bits per heavy atom. The molecule has 0 amide bonds. The Hall–Kier alpha value is -2.03. The summed E-state index contributed by atoms with van der Waals surface area (Å²) in [6.07, 6.45) is 6.88. The van der Waals surface area contributed by atoms with Gasteiger partial charge in [-0.3, -0.25) is 4.98 Å². The van der Waals surface area contributed by atoms with E-state index in [1.807, 2.05) is 31.2 Å². The number of benzene rings is 1. The van der Waals surface area contributed by atoms with Gasteiger partial charge in [0.25, 0.3) is 0 Å². The molecule has 2 aromatic rings. The summed E-state index contributed by atoms with van der Waals surface area (Å²) in [5.74, 6) is 0. The van der Waals surface area contributed by atoms with E-state index in [2.05, 4.69) is 22.5 Å². The lowest BCUT2D eigenvalue weighted by atomic mass is 10.1. The van der Waals surface area contributed by atoms with Crippen LogP contribution < -0.4 is 11.1 Å². The van der Waals surface area contributed by atoms with Crippen LogP contribution in [0.4, 0.5) is 11.4 Å². The number of nitrogens with zero attached hydrogens (tertiary/aromatic N) is 1. The van der Waals surface area contributed by atoms with Crippen molar-refractivity contribution in [1.29, 1.82) is 0 Å². The van der Waals surface area contributed by atoms with Gasteiger partial charge in [0.1, 0.15) is 0 Å². The lowest BCUT2D eigenvalue weighted by Gasteiger charge is -2.11. The number of aromatic nitrogens is 1. The number of nitrogen functional groups attached to an aromatic ring is 1. The highest BCUT2D eigenvalue weighted by Crippen LogP contribution is 2.27. The molecule has 0 saturated heterocycles. The molecular weight excluding hydrogens is 210 g/mol. The van der Waals surface area contributed by atoms with E-state index in [-0.39, 0.29) is 0 Å². The number of nitrogens with two attached hydrogens (primary N) is 1. The fourth-order valence-corrected chi connectivity index (χ4v) is 1.80. The molecule has 0 fully saturated rings. The van der Waals surface area contributed by atoms with Crippen LogP contribution in [0.2, 0.25) is 0 Å². The van der Waals surface area contributed by atoms with Crippen LogP contribution in [0.1, 0.15) is 13.3 Å². The van der Waals surface area contributed by atoms with Crippen LogP contribution in [0.25, 0.3) is 10.9 Å². The van der Waals surface area contributed by atoms with Gasteiger partial charge in [-0.15, -0.1) is 0 Å². The number of anilines is 2. The maximum atomic E-state index is 5.96. The van der Waals surface area contributed by atoms with Crippen molar-refractivity contribution >= 4 is 22.3 Å². The minimum atomic E-state index is 0.698. The molecule has 0 radical (unpaired) electrons. The first kappa shape index (κ1) is 11.5. The molecule has 0 bridgehead atoms. The van der Waals surface area contributed by atoms with Crippen molar-refractivity contribution < 1.29 is 0 Å². The molecule has 3 N–H and O–H groups in total. The standard InChI is InChI=1S/C14H17N3/c1-2-3-6-9-16-14-11-7-4-5-8-13(11)17-10-12(14)15/h2-5,7-8,10H,6,9,15H2,1H3,(H,16,17)/b3-2+. The fourth-order valence-electron chi connectivity index (χ4n) is 1.80. The molecule has 3 nitrogen and oxygen atoms in total. The smallest absolute Gasteiger partial charge is 0.0743 e. The molecule has 88 valence electrons. The Morgan fingerprint density at radius 3 is 3.00 bits per heavy atom. The number of rotatable bonds is 4. The third-order valence-corrected chi connectivity index (χ3v) is 2.65. The summed E-state index contributed by atoms with van der Waals surface area (Å²) in [5.41, 5.74) is 8.61. The average Bonchev–Trinajstić information content (AvgIpc) is 2.37. The van der Waals surface area contributed by atoms with E-state index in [0.29, 0.717) is 5.69 Å². The van der Waals surface area contributed by atoms with Gasteiger partial charge >= 0.3 is 0 Å². The van der Waals surface area contributed by atoms with Crippen molar-refractivity contribution in [2.24, 2.45) is 0 Å². The molecule has 0 aliphatic rings. The predicted molar refractivity (Wildman–Crippen MR) is 74.1 cm³/mol. The molecule has 17 heavy (non-hydrogen) atoms. The monoisotopic (exact) mass is 227 g/mol. The first-order valence-electron chi connectivity index (χ1n) is 5.81. The molecule has 0 saturated carbocycles. The molecule has 3 heteroatoms. The highest BCUT2D eigenvalue weighted by molar-refractivity contribution is 5.96. The molecule has 0 spiro atoms. The van der Waals surface area contributed by atoms with Crippen LogP contribution in [-0.2, 0) is 0 Å². The third kappa shape index (κ3) is 2.56. The first-order chi connectivity index (χ1) is 8.33. The summed E-state index contributed by atoms with van der Waals surface area (Å²) in [6, 6.07) is 8.01. The lowest BCUT2D eigenvalue weighted by molar-refractivity contribution is 1.07. The topological polar surface area (TPSA) is 50.9 Å². The minimum absolute atomic E-state index is 0.698. The maximum absolute atomic E-state index is 5.96. The summed E-state index contributed by atoms with van der Waals surface area (Å²) in [7, 11) is 0. The maximum Gasteiger partial charge on any atom is 0.0743 e.